The number of hydrogen-bond donors (Lipinski definition) is 1. The van der Waals surface area contributed by atoms with Gasteiger partial charge in [-0.3, -0.25) is 9.59 Å². The van der Waals surface area contributed by atoms with Gasteiger partial charge in [0.15, 0.2) is 0 Å². The Hall–Kier alpha value is -2.88. The third kappa shape index (κ3) is 4.89. The van der Waals surface area contributed by atoms with E-state index in [0.29, 0.717) is 29.2 Å². The molecule has 1 aliphatic rings. The molecular formula is C21H21ClN4O2. The summed E-state index contributed by atoms with van der Waals surface area (Å²) < 4.78 is 0. The van der Waals surface area contributed by atoms with Crippen LogP contribution < -0.4 is 5.32 Å². The quantitative estimate of drug-likeness (QED) is 0.841. The van der Waals surface area contributed by atoms with Crippen LogP contribution in [-0.4, -0.2) is 54.3 Å². The van der Waals surface area contributed by atoms with Gasteiger partial charge in [0, 0.05) is 43.3 Å². The van der Waals surface area contributed by atoms with E-state index in [9.17, 15) is 9.59 Å². The van der Waals surface area contributed by atoms with Gasteiger partial charge in [0.05, 0.1) is 11.6 Å². The van der Waals surface area contributed by atoms with E-state index in [-0.39, 0.29) is 24.9 Å². The van der Waals surface area contributed by atoms with Gasteiger partial charge in [0.2, 0.25) is 5.91 Å². The zero-order valence-corrected chi connectivity index (χ0v) is 16.2. The molecule has 1 N–H and O–H groups in total. The fourth-order valence-corrected chi connectivity index (χ4v) is 3.27. The topological polar surface area (TPSA) is 76.4 Å². The standard InChI is InChI=1S/C21H21ClN4O2/c22-19-4-2-1-3-18(19)14-26(15-20(27)25-11-9-24-10-12-25)21(28)17-7-5-16(13-23)6-8-17/h1-8,24H,9-12,14-15H2. The van der Waals surface area contributed by atoms with Gasteiger partial charge >= 0.3 is 0 Å². The van der Waals surface area contributed by atoms with Crippen LogP contribution in [0.25, 0.3) is 0 Å². The van der Waals surface area contributed by atoms with Crippen LogP contribution in [0.1, 0.15) is 21.5 Å². The van der Waals surface area contributed by atoms with Crippen molar-refractivity contribution in [2.75, 3.05) is 32.7 Å². The monoisotopic (exact) mass is 396 g/mol. The highest BCUT2D eigenvalue weighted by molar-refractivity contribution is 6.31. The van der Waals surface area contributed by atoms with Crippen LogP contribution in [0.3, 0.4) is 0 Å². The van der Waals surface area contributed by atoms with Crippen molar-refractivity contribution in [1.82, 2.24) is 15.1 Å². The Bertz CT molecular complexity index is 886. The Morgan fingerprint density at radius 2 is 1.79 bits per heavy atom. The van der Waals surface area contributed by atoms with E-state index in [2.05, 4.69) is 5.32 Å². The maximum Gasteiger partial charge on any atom is 0.254 e. The van der Waals surface area contributed by atoms with Crippen LogP contribution in [0, 0.1) is 11.3 Å². The molecule has 6 nitrogen and oxygen atoms in total. The number of halogens is 1. The molecule has 2 aromatic rings. The predicted octanol–water partition coefficient (Wildman–Crippen LogP) is 2.29. The first kappa shape index (κ1) is 19.9. The van der Waals surface area contributed by atoms with E-state index >= 15 is 0 Å². The van der Waals surface area contributed by atoms with Crippen molar-refractivity contribution < 1.29 is 9.59 Å². The van der Waals surface area contributed by atoms with Gasteiger partial charge in [0.1, 0.15) is 6.54 Å². The summed E-state index contributed by atoms with van der Waals surface area (Å²) in [6.45, 7) is 2.97. The van der Waals surface area contributed by atoms with Gasteiger partial charge in [-0.05, 0) is 35.9 Å². The SMILES string of the molecule is N#Cc1ccc(C(=O)N(CC(=O)N2CCNCC2)Cc2ccccc2Cl)cc1. The number of nitrogens with one attached hydrogen (secondary N) is 1. The minimum Gasteiger partial charge on any atom is -0.339 e. The molecule has 0 atom stereocenters. The molecule has 1 aliphatic heterocycles. The molecule has 0 saturated carbocycles. The van der Waals surface area contributed by atoms with Crippen LogP contribution in [0.5, 0.6) is 0 Å². The molecule has 0 radical (unpaired) electrons. The van der Waals surface area contributed by atoms with Gasteiger partial charge in [0.25, 0.3) is 5.91 Å². The van der Waals surface area contributed by atoms with Crippen LogP contribution in [0.15, 0.2) is 48.5 Å². The lowest BCUT2D eigenvalue weighted by Gasteiger charge is -2.30. The zero-order valence-electron chi connectivity index (χ0n) is 15.4. The number of piperazine rings is 1. The molecule has 0 aliphatic carbocycles. The molecule has 2 aromatic carbocycles. The molecule has 2 amide bonds. The summed E-state index contributed by atoms with van der Waals surface area (Å²) in [4.78, 5) is 29.1. The van der Waals surface area contributed by atoms with Crippen LogP contribution in [0.2, 0.25) is 5.02 Å². The maximum atomic E-state index is 13.1. The molecule has 1 heterocycles. The predicted molar refractivity (Wildman–Crippen MR) is 107 cm³/mol. The molecule has 1 fully saturated rings. The van der Waals surface area contributed by atoms with Crippen LogP contribution in [-0.2, 0) is 11.3 Å². The first-order chi connectivity index (χ1) is 13.6. The lowest BCUT2D eigenvalue weighted by atomic mass is 10.1. The summed E-state index contributed by atoms with van der Waals surface area (Å²) in [5.41, 5.74) is 1.68. The lowest BCUT2D eigenvalue weighted by molar-refractivity contribution is -0.132. The van der Waals surface area contributed by atoms with Crippen LogP contribution >= 0.6 is 11.6 Å². The van der Waals surface area contributed by atoms with Gasteiger partial charge in [-0.2, -0.15) is 5.26 Å². The molecule has 3 rings (SSSR count). The molecule has 0 unspecified atom stereocenters. The van der Waals surface area contributed by atoms with E-state index in [1.54, 1.807) is 35.2 Å². The third-order valence-electron chi connectivity index (χ3n) is 4.66. The van der Waals surface area contributed by atoms with Gasteiger partial charge in [-0.1, -0.05) is 29.8 Å². The second-order valence-electron chi connectivity index (χ2n) is 6.57. The average molecular weight is 397 g/mol. The molecule has 0 bridgehead atoms. The van der Waals surface area contributed by atoms with E-state index in [1.807, 2.05) is 24.3 Å². The summed E-state index contributed by atoms with van der Waals surface area (Å²) in [7, 11) is 0. The number of hydrogen-bond acceptors (Lipinski definition) is 4. The lowest BCUT2D eigenvalue weighted by Crippen LogP contribution is -2.50. The van der Waals surface area contributed by atoms with Crippen molar-refractivity contribution in [3.8, 4) is 6.07 Å². The highest BCUT2D eigenvalue weighted by atomic mass is 35.5. The first-order valence-electron chi connectivity index (χ1n) is 9.10. The molecule has 28 heavy (non-hydrogen) atoms. The van der Waals surface area contributed by atoms with Crippen LogP contribution in [0.4, 0.5) is 0 Å². The van der Waals surface area contributed by atoms with Gasteiger partial charge in [-0.15, -0.1) is 0 Å². The largest absolute Gasteiger partial charge is 0.339 e. The molecule has 1 saturated heterocycles. The number of rotatable bonds is 5. The summed E-state index contributed by atoms with van der Waals surface area (Å²) in [5, 5.41) is 12.7. The highest BCUT2D eigenvalue weighted by Crippen LogP contribution is 2.19. The van der Waals surface area contributed by atoms with Gasteiger partial charge in [-0.25, -0.2) is 0 Å². The summed E-state index contributed by atoms with van der Waals surface area (Å²) in [6.07, 6.45) is 0. The molecule has 0 aromatic heterocycles. The smallest absolute Gasteiger partial charge is 0.254 e. The van der Waals surface area contributed by atoms with Crippen molar-refractivity contribution in [3.05, 3.63) is 70.2 Å². The minimum absolute atomic E-state index is 0.0238. The normalized spacial score (nSPS) is 13.6. The number of nitriles is 1. The Kier molecular flexibility index (Phi) is 6.64. The van der Waals surface area contributed by atoms with Crippen molar-refractivity contribution in [3.63, 3.8) is 0 Å². The first-order valence-corrected chi connectivity index (χ1v) is 9.47. The van der Waals surface area contributed by atoms with E-state index in [4.69, 9.17) is 16.9 Å². The minimum atomic E-state index is -0.270. The second-order valence-corrected chi connectivity index (χ2v) is 6.98. The number of carbonyl (C=O) groups excluding carboxylic acids is 2. The number of benzene rings is 2. The van der Waals surface area contributed by atoms with Crippen molar-refractivity contribution in [2.24, 2.45) is 0 Å². The Morgan fingerprint density at radius 1 is 1.11 bits per heavy atom. The molecule has 7 heteroatoms. The number of amides is 2. The molecule has 0 spiro atoms. The Labute approximate surface area is 169 Å². The average Bonchev–Trinajstić information content (AvgIpc) is 2.75. The maximum absolute atomic E-state index is 13.1. The Balaban J connectivity index is 1.82. The molecular weight excluding hydrogens is 376 g/mol. The van der Waals surface area contributed by atoms with Gasteiger partial charge < -0.3 is 15.1 Å². The summed E-state index contributed by atoms with van der Waals surface area (Å²) >= 11 is 6.27. The fourth-order valence-electron chi connectivity index (χ4n) is 3.08. The summed E-state index contributed by atoms with van der Waals surface area (Å²) in [6, 6.07) is 15.7. The highest BCUT2D eigenvalue weighted by Gasteiger charge is 2.24. The number of nitrogens with zero attached hydrogens (tertiary/aromatic N) is 3. The number of carbonyl (C=O) groups is 2. The van der Waals surface area contributed by atoms with Crippen molar-refractivity contribution >= 4 is 23.4 Å². The summed E-state index contributed by atoms with van der Waals surface area (Å²) in [5.74, 6) is -0.358. The van der Waals surface area contributed by atoms with Crippen molar-refractivity contribution in [2.45, 2.75) is 6.54 Å². The van der Waals surface area contributed by atoms with E-state index in [0.717, 1.165) is 18.7 Å². The molecule has 144 valence electrons. The Morgan fingerprint density at radius 3 is 2.43 bits per heavy atom. The van der Waals surface area contributed by atoms with E-state index in [1.165, 1.54) is 4.90 Å². The van der Waals surface area contributed by atoms with Crippen molar-refractivity contribution in [1.29, 1.82) is 5.26 Å². The second kappa shape index (κ2) is 9.36. The fraction of sp³-hybridized carbons (Fsp3) is 0.286. The third-order valence-corrected chi connectivity index (χ3v) is 5.03. The zero-order chi connectivity index (χ0) is 19.9. The van der Waals surface area contributed by atoms with E-state index < -0.39 is 0 Å².